The number of rotatable bonds is 4. The average molecular weight is 289 g/mol. The van der Waals surface area contributed by atoms with Crippen molar-refractivity contribution in [1.82, 2.24) is 5.32 Å². The van der Waals surface area contributed by atoms with Gasteiger partial charge in [0.05, 0.1) is 11.5 Å². The second-order valence-electron chi connectivity index (χ2n) is 6.08. The zero-order valence-electron chi connectivity index (χ0n) is 11.7. The second kappa shape index (κ2) is 5.39. The number of alkyl carbamates (subject to hydrolysis) is 1. The van der Waals surface area contributed by atoms with Crippen LogP contribution >= 0.6 is 0 Å². The molecule has 2 fully saturated rings. The quantitative estimate of drug-likeness (QED) is 0.893. The van der Waals surface area contributed by atoms with Gasteiger partial charge in [-0.1, -0.05) is 30.3 Å². The Morgan fingerprint density at radius 2 is 2.10 bits per heavy atom. The Hall–Kier alpha value is -2.04. The van der Waals surface area contributed by atoms with Crippen molar-refractivity contribution in [2.45, 2.75) is 37.8 Å². The van der Waals surface area contributed by atoms with E-state index in [0.717, 1.165) is 24.8 Å². The summed E-state index contributed by atoms with van der Waals surface area (Å²) in [4.78, 5) is 23.4. The van der Waals surface area contributed by atoms with E-state index in [0.29, 0.717) is 12.3 Å². The largest absolute Gasteiger partial charge is 0.481 e. The van der Waals surface area contributed by atoms with Crippen LogP contribution in [0.2, 0.25) is 0 Å². The molecular weight excluding hydrogens is 270 g/mol. The number of aliphatic carboxylic acids is 1. The van der Waals surface area contributed by atoms with E-state index in [2.05, 4.69) is 5.32 Å². The van der Waals surface area contributed by atoms with Crippen molar-refractivity contribution >= 4 is 12.1 Å². The molecule has 5 nitrogen and oxygen atoms in total. The molecule has 0 heterocycles. The van der Waals surface area contributed by atoms with Crippen molar-refractivity contribution in [3.8, 4) is 0 Å². The maximum absolute atomic E-state index is 12.0. The fraction of sp³-hybridized carbons (Fsp3) is 0.500. The summed E-state index contributed by atoms with van der Waals surface area (Å²) in [6, 6.07) is 9.43. The molecule has 0 aliphatic heterocycles. The Labute approximate surface area is 123 Å². The number of benzene rings is 1. The standard InChI is InChI=1S/C16H19NO4/c18-14(19)13-8-12-6-7-16(13,9-12)17-15(20)21-10-11-4-2-1-3-5-11/h1-5,12-13H,6-10H2,(H,17,20)(H,18,19). The third kappa shape index (κ3) is 2.73. The maximum Gasteiger partial charge on any atom is 0.407 e. The molecule has 5 heteroatoms. The minimum Gasteiger partial charge on any atom is -0.481 e. The molecule has 0 aromatic heterocycles. The predicted molar refractivity (Wildman–Crippen MR) is 75.6 cm³/mol. The van der Waals surface area contributed by atoms with Gasteiger partial charge in [-0.25, -0.2) is 4.79 Å². The lowest BCUT2D eigenvalue weighted by atomic mass is 9.82. The molecule has 2 aliphatic carbocycles. The first-order valence-corrected chi connectivity index (χ1v) is 7.31. The zero-order valence-corrected chi connectivity index (χ0v) is 11.7. The molecular formula is C16H19NO4. The smallest absolute Gasteiger partial charge is 0.407 e. The number of carbonyl (C=O) groups is 2. The lowest BCUT2D eigenvalue weighted by molar-refractivity contribution is -0.144. The third-order valence-corrected chi connectivity index (χ3v) is 4.75. The van der Waals surface area contributed by atoms with E-state index in [1.165, 1.54) is 0 Å². The minimum atomic E-state index is -0.819. The van der Waals surface area contributed by atoms with E-state index in [-0.39, 0.29) is 6.61 Å². The minimum absolute atomic E-state index is 0.198. The lowest BCUT2D eigenvalue weighted by Crippen LogP contribution is -2.52. The van der Waals surface area contributed by atoms with Gasteiger partial charge >= 0.3 is 12.1 Å². The Bertz CT molecular complexity index is 544. The number of carbonyl (C=O) groups excluding carboxylic acids is 1. The number of amides is 1. The van der Waals surface area contributed by atoms with Crippen LogP contribution in [0, 0.1) is 11.8 Å². The predicted octanol–water partition coefficient (Wildman–Crippen LogP) is 2.56. The van der Waals surface area contributed by atoms with Gasteiger partial charge in [0.1, 0.15) is 6.61 Å². The van der Waals surface area contributed by atoms with Crippen LogP contribution in [0.25, 0.3) is 0 Å². The molecule has 112 valence electrons. The molecule has 2 N–H and O–H groups in total. The van der Waals surface area contributed by atoms with Gasteiger partial charge in [-0.05, 0) is 37.2 Å². The molecule has 21 heavy (non-hydrogen) atoms. The number of carboxylic acids is 1. The van der Waals surface area contributed by atoms with Gasteiger partial charge in [0, 0.05) is 0 Å². The third-order valence-electron chi connectivity index (χ3n) is 4.75. The molecule has 3 rings (SSSR count). The molecule has 1 aromatic carbocycles. The molecule has 2 aliphatic rings. The molecule has 3 unspecified atom stereocenters. The number of nitrogens with one attached hydrogen (secondary N) is 1. The first kappa shape index (κ1) is 13.9. The number of fused-ring (bicyclic) bond motifs is 2. The molecule has 1 aromatic rings. The van der Waals surface area contributed by atoms with Crippen LogP contribution in [-0.4, -0.2) is 22.7 Å². The number of ether oxygens (including phenoxy) is 1. The lowest BCUT2D eigenvalue weighted by Gasteiger charge is -2.32. The topological polar surface area (TPSA) is 75.6 Å². The summed E-state index contributed by atoms with van der Waals surface area (Å²) in [6.07, 6.45) is 2.61. The fourth-order valence-electron chi connectivity index (χ4n) is 3.76. The number of carboxylic acid groups (broad SMARTS) is 1. The molecule has 0 saturated heterocycles. The highest BCUT2D eigenvalue weighted by atomic mass is 16.5. The van der Waals surface area contributed by atoms with Gasteiger partial charge in [0.15, 0.2) is 0 Å². The van der Waals surface area contributed by atoms with Crippen molar-refractivity contribution in [2.24, 2.45) is 11.8 Å². The van der Waals surface area contributed by atoms with E-state index in [9.17, 15) is 14.7 Å². The van der Waals surface area contributed by atoms with Gasteiger partial charge in [0.2, 0.25) is 0 Å². The van der Waals surface area contributed by atoms with Gasteiger partial charge in [-0.15, -0.1) is 0 Å². The van der Waals surface area contributed by atoms with Gasteiger partial charge in [-0.2, -0.15) is 0 Å². The van der Waals surface area contributed by atoms with Crippen LogP contribution in [0.4, 0.5) is 4.79 Å². The number of hydrogen-bond acceptors (Lipinski definition) is 3. The summed E-state index contributed by atoms with van der Waals surface area (Å²) in [7, 11) is 0. The highest BCUT2D eigenvalue weighted by molar-refractivity contribution is 5.76. The van der Waals surface area contributed by atoms with Gasteiger partial charge in [0.25, 0.3) is 0 Å². The normalized spacial score (nSPS) is 30.1. The van der Waals surface area contributed by atoms with Crippen LogP contribution in [0.5, 0.6) is 0 Å². The molecule has 2 saturated carbocycles. The summed E-state index contributed by atoms with van der Waals surface area (Å²) in [5, 5.41) is 12.2. The first-order chi connectivity index (χ1) is 10.1. The summed E-state index contributed by atoms with van der Waals surface area (Å²) < 4.78 is 5.22. The van der Waals surface area contributed by atoms with Crippen LogP contribution < -0.4 is 5.32 Å². The summed E-state index contributed by atoms with van der Waals surface area (Å²) in [5.74, 6) is -0.887. The van der Waals surface area contributed by atoms with Crippen LogP contribution in [0.15, 0.2) is 30.3 Å². The Kier molecular flexibility index (Phi) is 3.57. The molecule has 3 atom stereocenters. The first-order valence-electron chi connectivity index (χ1n) is 7.31. The van der Waals surface area contributed by atoms with Crippen molar-refractivity contribution in [3.05, 3.63) is 35.9 Å². The SMILES string of the molecule is O=C(NC12CCC(CC1C(=O)O)C2)OCc1ccccc1. The molecule has 2 bridgehead atoms. The number of hydrogen-bond donors (Lipinski definition) is 2. The monoisotopic (exact) mass is 289 g/mol. The van der Waals surface area contributed by atoms with Crippen LogP contribution in [-0.2, 0) is 16.1 Å². The molecule has 0 radical (unpaired) electrons. The Morgan fingerprint density at radius 3 is 2.76 bits per heavy atom. The van der Waals surface area contributed by atoms with E-state index >= 15 is 0 Å². The maximum atomic E-state index is 12.0. The summed E-state index contributed by atoms with van der Waals surface area (Å²) in [5.41, 5.74) is 0.306. The highest BCUT2D eigenvalue weighted by Crippen LogP contribution is 2.51. The van der Waals surface area contributed by atoms with Crippen molar-refractivity contribution < 1.29 is 19.4 Å². The van der Waals surface area contributed by atoms with Crippen molar-refractivity contribution in [1.29, 1.82) is 0 Å². The zero-order chi connectivity index (χ0) is 14.9. The van der Waals surface area contributed by atoms with E-state index in [1.807, 2.05) is 30.3 Å². The average Bonchev–Trinajstić information content (AvgIpc) is 3.03. The molecule has 1 amide bonds. The van der Waals surface area contributed by atoms with E-state index in [4.69, 9.17) is 4.74 Å². The summed E-state index contributed by atoms with van der Waals surface area (Å²) in [6.45, 7) is 0.198. The van der Waals surface area contributed by atoms with E-state index in [1.54, 1.807) is 0 Å². The van der Waals surface area contributed by atoms with Crippen molar-refractivity contribution in [3.63, 3.8) is 0 Å². The van der Waals surface area contributed by atoms with Crippen LogP contribution in [0.3, 0.4) is 0 Å². The van der Waals surface area contributed by atoms with Gasteiger partial charge in [-0.3, -0.25) is 4.79 Å². The molecule has 0 spiro atoms. The van der Waals surface area contributed by atoms with Crippen molar-refractivity contribution in [2.75, 3.05) is 0 Å². The van der Waals surface area contributed by atoms with Crippen LogP contribution in [0.1, 0.15) is 31.2 Å². The highest BCUT2D eigenvalue weighted by Gasteiger charge is 2.56. The fourth-order valence-corrected chi connectivity index (χ4v) is 3.76. The summed E-state index contributed by atoms with van der Waals surface area (Å²) >= 11 is 0. The van der Waals surface area contributed by atoms with Gasteiger partial charge < -0.3 is 15.2 Å². The Balaban J connectivity index is 1.60. The van der Waals surface area contributed by atoms with E-state index < -0.39 is 23.5 Å². The second-order valence-corrected chi connectivity index (χ2v) is 6.08. The Morgan fingerprint density at radius 1 is 1.33 bits per heavy atom.